The maximum atomic E-state index is 12.0. The van der Waals surface area contributed by atoms with Gasteiger partial charge in [-0.1, -0.05) is 34.8 Å². The van der Waals surface area contributed by atoms with Gasteiger partial charge < -0.3 is 20.2 Å². The van der Waals surface area contributed by atoms with Crippen LogP contribution >= 0.6 is 34.8 Å². The number of nitrogens with two attached hydrogens (primary N) is 1. The summed E-state index contributed by atoms with van der Waals surface area (Å²) in [4.78, 5) is 2.71. The molecule has 12 nitrogen and oxygen atoms in total. The van der Waals surface area contributed by atoms with Gasteiger partial charge in [0.25, 0.3) is 10.1 Å². The predicted molar refractivity (Wildman–Crippen MR) is 130 cm³/mol. The van der Waals surface area contributed by atoms with Crippen LogP contribution in [0.1, 0.15) is 5.56 Å². The second kappa shape index (κ2) is 7.82. The molecule has 0 saturated carbocycles. The quantitative estimate of drug-likeness (QED) is 0.108. The molecule has 0 aromatic heterocycles. The molecule has 0 saturated heterocycles. The largest absolute Gasteiger partial charge is 0.450 e. The Hall–Kier alpha value is -2.85. The van der Waals surface area contributed by atoms with Crippen LogP contribution in [0, 0.1) is 12.3 Å². The Kier molecular flexibility index (Phi) is 5.39. The van der Waals surface area contributed by atoms with Crippen molar-refractivity contribution in [1.29, 1.82) is 5.41 Å². The van der Waals surface area contributed by atoms with Crippen molar-refractivity contribution in [2.45, 2.75) is 16.7 Å². The molecule has 2 heterocycles. The van der Waals surface area contributed by atoms with Gasteiger partial charge in [0.2, 0.25) is 0 Å². The Morgan fingerprint density at radius 2 is 1.64 bits per heavy atom. The first-order chi connectivity index (χ1) is 16.6. The summed E-state index contributed by atoms with van der Waals surface area (Å²) in [5, 5.41) is 9.76. The number of anilines is 3. The molecule has 36 heavy (non-hydrogen) atoms. The molecule has 0 amide bonds. The maximum absolute atomic E-state index is 12.0. The fourth-order valence-corrected chi connectivity index (χ4v) is 6.08. The van der Waals surface area contributed by atoms with E-state index in [0.717, 1.165) is 6.07 Å². The van der Waals surface area contributed by atoms with Crippen LogP contribution in [0.5, 0.6) is 11.5 Å². The minimum absolute atomic E-state index is 0.0638. The van der Waals surface area contributed by atoms with Crippen molar-refractivity contribution < 1.29 is 35.1 Å². The van der Waals surface area contributed by atoms with Crippen molar-refractivity contribution in [1.82, 2.24) is 4.98 Å². The van der Waals surface area contributed by atoms with Gasteiger partial charge in [0.05, 0.1) is 16.1 Å². The van der Waals surface area contributed by atoms with Gasteiger partial charge in [-0.05, 0) is 24.6 Å². The van der Waals surface area contributed by atoms with Crippen molar-refractivity contribution >= 4 is 83.2 Å². The van der Waals surface area contributed by atoms with Gasteiger partial charge in [0.1, 0.15) is 32.6 Å². The molecule has 0 atom stereocenters. The Morgan fingerprint density at radius 3 is 2.25 bits per heavy atom. The normalized spacial score (nSPS) is 13.3. The number of nitrogen functional groups attached to an aromatic ring is 1. The minimum atomic E-state index is -4.91. The van der Waals surface area contributed by atoms with E-state index in [2.05, 4.69) is 10.3 Å². The first kappa shape index (κ1) is 24.8. The molecule has 1 aliphatic carbocycles. The van der Waals surface area contributed by atoms with Gasteiger partial charge in [0, 0.05) is 0 Å². The topological polar surface area (TPSA) is 206 Å². The van der Waals surface area contributed by atoms with Crippen LogP contribution < -0.4 is 21.1 Å². The SMILES string of the molecule is Cc1cc2nc3c(Cl)c4c(c(Cl)c3oc-2c(S(=O)(=O)O)c1=N)Nc1c(Cl)cc(N)c(S(=O)(=O)O)c1O4. The molecule has 5 rings (SSSR count). The van der Waals surface area contributed by atoms with Crippen LogP contribution in [-0.2, 0) is 20.2 Å². The van der Waals surface area contributed by atoms with E-state index in [9.17, 15) is 25.9 Å². The number of hydrogen-bond donors (Lipinski definition) is 5. The molecular weight excluding hydrogens is 583 g/mol. The number of halogens is 3. The van der Waals surface area contributed by atoms with E-state index < -0.39 is 52.6 Å². The van der Waals surface area contributed by atoms with Crippen LogP contribution in [0.25, 0.3) is 22.6 Å². The van der Waals surface area contributed by atoms with E-state index >= 15 is 0 Å². The highest BCUT2D eigenvalue weighted by Gasteiger charge is 2.35. The highest BCUT2D eigenvalue weighted by Crippen LogP contribution is 2.56. The van der Waals surface area contributed by atoms with E-state index in [4.69, 9.17) is 55.1 Å². The van der Waals surface area contributed by atoms with E-state index in [1.54, 1.807) is 0 Å². The number of rotatable bonds is 2. The summed E-state index contributed by atoms with van der Waals surface area (Å²) >= 11 is 19.2. The third-order valence-corrected chi connectivity index (χ3v) is 8.16. The zero-order valence-corrected chi connectivity index (χ0v) is 21.4. The molecule has 0 fully saturated rings. The van der Waals surface area contributed by atoms with Gasteiger partial charge in [-0.3, -0.25) is 14.5 Å². The van der Waals surface area contributed by atoms with Crippen molar-refractivity contribution in [3.8, 4) is 23.0 Å². The first-order valence-electron chi connectivity index (χ1n) is 9.46. The number of ether oxygens (including phenoxy) is 1. The Bertz CT molecular complexity index is 1920. The average Bonchev–Trinajstić information content (AvgIpc) is 2.75. The van der Waals surface area contributed by atoms with Gasteiger partial charge in [-0.15, -0.1) is 0 Å². The molecule has 0 bridgehead atoms. The fraction of sp³-hybridized carbons (Fsp3) is 0.0526. The van der Waals surface area contributed by atoms with E-state index in [0.29, 0.717) is 0 Å². The number of fused-ring (bicyclic) bond motifs is 4. The number of aryl methyl sites for hydroxylation is 1. The summed E-state index contributed by atoms with van der Waals surface area (Å²) in [6.45, 7) is 1.43. The zero-order chi connectivity index (χ0) is 26.5. The lowest BCUT2D eigenvalue weighted by Gasteiger charge is -2.27. The summed E-state index contributed by atoms with van der Waals surface area (Å²) in [5.41, 5.74) is 4.86. The number of benzene rings is 3. The minimum Gasteiger partial charge on any atom is -0.450 e. The van der Waals surface area contributed by atoms with Crippen molar-refractivity contribution in [2.75, 3.05) is 11.1 Å². The van der Waals surface area contributed by atoms with Crippen LogP contribution in [0.4, 0.5) is 17.1 Å². The molecule has 2 aromatic carbocycles. The molecule has 2 aliphatic heterocycles. The number of nitrogens with one attached hydrogen (secondary N) is 2. The Balaban J connectivity index is 1.89. The fourth-order valence-electron chi connectivity index (χ4n) is 3.77. The van der Waals surface area contributed by atoms with Gasteiger partial charge in [0.15, 0.2) is 32.6 Å². The van der Waals surface area contributed by atoms with Crippen molar-refractivity contribution in [3.63, 3.8) is 0 Å². The van der Waals surface area contributed by atoms with Crippen molar-refractivity contribution in [2.24, 2.45) is 0 Å². The third kappa shape index (κ3) is 3.56. The Labute approximate surface area is 216 Å². The summed E-state index contributed by atoms with van der Waals surface area (Å²) in [6, 6.07) is 2.40. The molecule has 17 heteroatoms. The lowest BCUT2D eigenvalue weighted by molar-refractivity contribution is 0.450. The van der Waals surface area contributed by atoms with E-state index in [1.165, 1.54) is 13.0 Å². The van der Waals surface area contributed by atoms with Gasteiger partial charge in [-0.25, -0.2) is 4.98 Å². The summed E-state index contributed by atoms with van der Waals surface area (Å²) in [5.74, 6) is -1.12. The summed E-state index contributed by atoms with van der Waals surface area (Å²) < 4.78 is 78.8. The van der Waals surface area contributed by atoms with E-state index in [-0.39, 0.29) is 54.5 Å². The number of aromatic nitrogens is 1. The van der Waals surface area contributed by atoms with Crippen LogP contribution in [0.2, 0.25) is 15.1 Å². The monoisotopic (exact) mass is 592 g/mol. The van der Waals surface area contributed by atoms with Crippen LogP contribution in [0.15, 0.2) is 26.3 Å². The third-order valence-electron chi connectivity index (χ3n) is 5.30. The molecule has 2 aromatic rings. The molecule has 6 N–H and O–H groups in total. The first-order valence-corrected chi connectivity index (χ1v) is 13.5. The average molecular weight is 594 g/mol. The lowest BCUT2D eigenvalue weighted by Crippen LogP contribution is -2.19. The number of hydrogen-bond acceptors (Lipinski definition) is 10. The molecule has 0 unspecified atom stereocenters. The van der Waals surface area contributed by atoms with E-state index in [1.807, 2.05) is 0 Å². The van der Waals surface area contributed by atoms with Crippen LogP contribution in [0.3, 0.4) is 0 Å². The molecular formula is C19H11Cl3N4O8S2. The second-order valence-electron chi connectivity index (χ2n) is 7.63. The van der Waals surface area contributed by atoms with Crippen molar-refractivity contribution in [3.05, 3.63) is 38.1 Å². The molecule has 188 valence electrons. The lowest BCUT2D eigenvalue weighted by atomic mass is 10.1. The van der Waals surface area contributed by atoms with Gasteiger partial charge >= 0.3 is 10.1 Å². The maximum Gasteiger partial charge on any atom is 0.300 e. The second-order valence-corrected chi connectivity index (χ2v) is 11.5. The smallest absolute Gasteiger partial charge is 0.300 e. The summed E-state index contributed by atoms with van der Waals surface area (Å²) in [6.07, 6.45) is 0. The molecule has 3 aliphatic rings. The zero-order valence-electron chi connectivity index (χ0n) is 17.5. The molecule has 0 radical (unpaired) electrons. The van der Waals surface area contributed by atoms with Gasteiger partial charge in [-0.2, -0.15) is 16.8 Å². The standard InChI is InChI=1S/C19H11Cl3N4O8S2/c1-4-2-7-14(19(10(4)24)36(30,31)32)33-15-9(22)13-16(8(21)12(15)25-7)34-17-11(26-13)5(20)3-6(23)18(17)35(27,28)29/h2-3,24,26H,23H2,1H3,(H,27,28,29)(H,30,31,32). The molecule has 0 spiro atoms. The Morgan fingerprint density at radius 1 is 1.00 bits per heavy atom. The highest BCUT2D eigenvalue weighted by atomic mass is 35.5. The predicted octanol–water partition coefficient (Wildman–Crippen LogP) is 4.61. The number of nitrogens with zero attached hydrogens (tertiary/aromatic N) is 1. The highest BCUT2D eigenvalue weighted by molar-refractivity contribution is 7.86. The summed E-state index contributed by atoms with van der Waals surface area (Å²) in [7, 11) is -9.78. The van der Waals surface area contributed by atoms with Crippen LogP contribution in [-0.4, -0.2) is 30.9 Å².